The molecule has 0 saturated carbocycles. The first-order valence-corrected chi connectivity index (χ1v) is 6.77. The lowest BCUT2D eigenvalue weighted by Gasteiger charge is -2.22. The van der Waals surface area contributed by atoms with Crippen LogP contribution in [0, 0.1) is 0 Å². The topological polar surface area (TPSA) is 19.4 Å². The second-order valence-electron chi connectivity index (χ2n) is 5.25. The van der Waals surface area contributed by atoms with Crippen molar-refractivity contribution >= 4 is 5.82 Å². The maximum Gasteiger partial charge on any atom is 0.128 e. The van der Waals surface area contributed by atoms with Crippen LogP contribution in [-0.4, -0.2) is 36.6 Å². The van der Waals surface area contributed by atoms with Crippen LogP contribution in [0.3, 0.4) is 0 Å². The molecule has 3 rings (SSSR count). The Morgan fingerprint density at radius 1 is 1.12 bits per heavy atom. The van der Waals surface area contributed by atoms with E-state index in [9.17, 15) is 0 Å². The summed E-state index contributed by atoms with van der Waals surface area (Å²) in [6.07, 6.45) is 5.19. The average molecular weight is 231 g/mol. The number of hydrogen-bond donors (Lipinski definition) is 0. The summed E-state index contributed by atoms with van der Waals surface area (Å²) in [6.45, 7) is 3.56. The van der Waals surface area contributed by atoms with E-state index in [0.717, 1.165) is 0 Å². The van der Waals surface area contributed by atoms with Gasteiger partial charge in [-0.3, -0.25) is 4.90 Å². The molecule has 3 heterocycles. The maximum absolute atomic E-state index is 4.87. The molecule has 0 aromatic carbocycles. The number of hydrogen-bond acceptors (Lipinski definition) is 3. The lowest BCUT2D eigenvalue weighted by Crippen LogP contribution is -2.22. The lowest BCUT2D eigenvalue weighted by atomic mass is 10.1. The first kappa shape index (κ1) is 11.0. The predicted molar refractivity (Wildman–Crippen MR) is 70.3 cm³/mol. The van der Waals surface area contributed by atoms with Gasteiger partial charge < -0.3 is 4.90 Å². The van der Waals surface area contributed by atoms with Gasteiger partial charge >= 0.3 is 0 Å². The fourth-order valence-corrected chi connectivity index (χ4v) is 3.03. The van der Waals surface area contributed by atoms with Crippen molar-refractivity contribution in [3.05, 3.63) is 23.9 Å². The standard InChI is InChI=1S/C14H21N3/c1-16-9-5-7-13(16)12-6-4-8-14(15-12)17-10-2-3-11-17/h4,6,8,13H,2-3,5,7,9-11H2,1H3. The summed E-state index contributed by atoms with van der Waals surface area (Å²) >= 11 is 0. The molecule has 0 radical (unpaired) electrons. The molecule has 0 amide bonds. The zero-order chi connectivity index (χ0) is 11.7. The molecule has 1 aromatic rings. The summed E-state index contributed by atoms with van der Waals surface area (Å²) in [4.78, 5) is 9.71. The van der Waals surface area contributed by atoms with Crippen molar-refractivity contribution in [2.24, 2.45) is 0 Å². The summed E-state index contributed by atoms with van der Waals surface area (Å²) in [5, 5.41) is 0. The van der Waals surface area contributed by atoms with Crippen molar-refractivity contribution < 1.29 is 0 Å². The molecule has 17 heavy (non-hydrogen) atoms. The van der Waals surface area contributed by atoms with Gasteiger partial charge in [0.05, 0.1) is 11.7 Å². The second kappa shape index (κ2) is 4.65. The number of anilines is 1. The minimum Gasteiger partial charge on any atom is -0.357 e. The Morgan fingerprint density at radius 2 is 1.94 bits per heavy atom. The van der Waals surface area contributed by atoms with Crippen molar-refractivity contribution in [1.29, 1.82) is 0 Å². The number of pyridine rings is 1. The van der Waals surface area contributed by atoms with E-state index in [4.69, 9.17) is 4.98 Å². The summed E-state index contributed by atoms with van der Waals surface area (Å²) in [5.74, 6) is 1.18. The lowest BCUT2D eigenvalue weighted by molar-refractivity contribution is 0.312. The van der Waals surface area contributed by atoms with Gasteiger partial charge in [-0.05, 0) is 51.4 Å². The van der Waals surface area contributed by atoms with Crippen LogP contribution >= 0.6 is 0 Å². The zero-order valence-electron chi connectivity index (χ0n) is 10.6. The summed E-state index contributed by atoms with van der Waals surface area (Å²) in [7, 11) is 2.21. The molecular weight excluding hydrogens is 210 g/mol. The summed E-state index contributed by atoms with van der Waals surface area (Å²) in [6, 6.07) is 7.05. The van der Waals surface area contributed by atoms with Crippen molar-refractivity contribution in [2.45, 2.75) is 31.7 Å². The Hall–Kier alpha value is -1.09. The van der Waals surface area contributed by atoms with Crippen LogP contribution in [-0.2, 0) is 0 Å². The van der Waals surface area contributed by atoms with Crippen LogP contribution in [0.15, 0.2) is 18.2 Å². The van der Waals surface area contributed by atoms with E-state index < -0.39 is 0 Å². The minimum absolute atomic E-state index is 0.539. The fourth-order valence-electron chi connectivity index (χ4n) is 3.03. The Balaban J connectivity index is 1.83. The SMILES string of the molecule is CN1CCCC1c1cccc(N2CCCC2)n1. The molecule has 1 aromatic heterocycles. The minimum atomic E-state index is 0.539. The number of likely N-dealkylation sites (tertiary alicyclic amines) is 1. The fraction of sp³-hybridized carbons (Fsp3) is 0.643. The van der Waals surface area contributed by atoms with Gasteiger partial charge in [0.25, 0.3) is 0 Å². The number of aromatic nitrogens is 1. The van der Waals surface area contributed by atoms with Crippen LogP contribution in [0.25, 0.3) is 0 Å². The van der Waals surface area contributed by atoms with E-state index in [-0.39, 0.29) is 0 Å². The third kappa shape index (κ3) is 2.16. The molecule has 0 aliphatic carbocycles. The van der Waals surface area contributed by atoms with E-state index in [0.29, 0.717) is 6.04 Å². The Kier molecular flexibility index (Phi) is 3.02. The van der Waals surface area contributed by atoms with Crippen molar-refractivity contribution in [3.8, 4) is 0 Å². The largest absolute Gasteiger partial charge is 0.357 e. The van der Waals surface area contributed by atoms with Gasteiger partial charge in [0, 0.05) is 13.1 Å². The van der Waals surface area contributed by atoms with E-state index in [1.165, 1.54) is 56.8 Å². The molecule has 2 fully saturated rings. The molecule has 0 bridgehead atoms. The van der Waals surface area contributed by atoms with Gasteiger partial charge in [-0.25, -0.2) is 4.98 Å². The Bertz CT molecular complexity index is 385. The summed E-state index contributed by atoms with van der Waals surface area (Å²) in [5.41, 5.74) is 1.26. The molecule has 92 valence electrons. The Morgan fingerprint density at radius 3 is 2.65 bits per heavy atom. The van der Waals surface area contributed by atoms with Gasteiger partial charge in [-0.15, -0.1) is 0 Å². The van der Waals surface area contributed by atoms with Gasteiger partial charge in [-0.2, -0.15) is 0 Å². The van der Waals surface area contributed by atoms with E-state index >= 15 is 0 Å². The maximum atomic E-state index is 4.87. The quantitative estimate of drug-likeness (QED) is 0.779. The first-order chi connectivity index (χ1) is 8.34. The van der Waals surface area contributed by atoms with Crippen LogP contribution in [0.2, 0.25) is 0 Å². The van der Waals surface area contributed by atoms with Gasteiger partial charge in [0.15, 0.2) is 0 Å². The molecule has 0 spiro atoms. The van der Waals surface area contributed by atoms with Crippen molar-refractivity contribution in [1.82, 2.24) is 9.88 Å². The van der Waals surface area contributed by atoms with E-state index in [2.05, 4.69) is 35.0 Å². The average Bonchev–Trinajstić information content (AvgIpc) is 2.99. The number of nitrogens with zero attached hydrogens (tertiary/aromatic N) is 3. The normalized spacial score (nSPS) is 25.7. The molecule has 1 unspecified atom stereocenters. The number of rotatable bonds is 2. The first-order valence-electron chi connectivity index (χ1n) is 6.77. The van der Waals surface area contributed by atoms with Gasteiger partial charge in [-0.1, -0.05) is 6.07 Å². The monoisotopic (exact) mass is 231 g/mol. The molecule has 0 N–H and O–H groups in total. The van der Waals surface area contributed by atoms with Gasteiger partial charge in [0.1, 0.15) is 5.82 Å². The van der Waals surface area contributed by atoms with Crippen molar-refractivity contribution in [2.75, 3.05) is 31.6 Å². The van der Waals surface area contributed by atoms with E-state index in [1.807, 2.05) is 0 Å². The molecule has 2 aliphatic rings. The second-order valence-corrected chi connectivity index (χ2v) is 5.25. The summed E-state index contributed by atoms with van der Waals surface area (Å²) < 4.78 is 0. The highest BCUT2D eigenvalue weighted by Crippen LogP contribution is 2.30. The van der Waals surface area contributed by atoms with Crippen molar-refractivity contribution in [3.63, 3.8) is 0 Å². The molecule has 2 saturated heterocycles. The molecule has 3 heteroatoms. The predicted octanol–water partition coefficient (Wildman–Crippen LogP) is 2.45. The van der Waals surface area contributed by atoms with Crippen LogP contribution in [0.1, 0.15) is 37.4 Å². The molecule has 2 aliphatic heterocycles. The molecule has 3 nitrogen and oxygen atoms in total. The third-order valence-electron chi connectivity index (χ3n) is 4.05. The zero-order valence-corrected chi connectivity index (χ0v) is 10.6. The third-order valence-corrected chi connectivity index (χ3v) is 4.05. The molecular formula is C14H21N3. The van der Waals surface area contributed by atoms with Crippen LogP contribution < -0.4 is 4.90 Å². The Labute approximate surface area is 103 Å². The van der Waals surface area contributed by atoms with E-state index in [1.54, 1.807) is 0 Å². The van der Waals surface area contributed by atoms with Crippen LogP contribution in [0.5, 0.6) is 0 Å². The van der Waals surface area contributed by atoms with Crippen LogP contribution in [0.4, 0.5) is 5.82 Å². The highest BCUT2D eigenvalue weighted by Gasteiger charge is 2.24. The molecule has 1 atom stereocenters. The highest BCUT2D eigenvalue weighted by molar-refractivity contribution is 5.40. The van der Waals surface area contributed by atoms with Gasteiger partial charge in [0.2, 0.25) is 0 Å². The smallest absolute Gasteiger partial charge is 0.128 e. The highest BCUT2D eigenvalue weighted by atomic mass is 15.2.